The molecule has 1 N–H and O–H groups in total. The normalized spacial score (nSPS) is 16.6. The van der Waals surface area contributed by atoms with Gasteiger partial charge in [0.15, 0.2) is 0 Å². The van der Waals surface area contributed by atoms with Crippen molar-refractivity contribution in [2.45, 2.75) is 19.4 Å². The highest BCUT2D eigenvalue weighted by molar-refractivity contribution is 5.78. The highest BCUT2D eigenvalue weighted by Gasteiger charge is 2.23. The molecule has 1 saturated heterocycles. The van der Waals surface area contributed by atoms with Crippen LogP contribution in [0, 0.1) is 11.7 Å². The van der Waals surface area contributed by atoms with Crippen molar-refractivity contribution in [1.82, 2.24) is 10.2 Å². The van der Waals surface area contributed by atoms with E-state index in [4.69, 9.17) is 0 Å². The zero-order chi connectivity index (χ0) is 13.0. The molecule has 1 aromatic carbocycles. The third-order valence-electron chi connectivity index (χ3n) is 3.40. The van der Waals surface area contributed by atoms with E-state index in [9.17, 15) is 9.18 Å². The molecule has 1 amide bonds. The molecule has 1 aliphatic heterocycles. The van der Waals surface area contributed by atoms with Gasteiger partial charge in [0.25, 0.3) is 0 Å². The van der Waals surface area contributed by atoms with E-state index in [-0.39, 0.29) is 17.6 Å². The van der Waals surface area contributed by atoms with Crippen LogP contribution in [0.2, 0.25) is 0 Å². The second-order valence-corrected chi connectivity index (χ2v) is 4.85. The number of nitrogens with zero attached hydrogens (tertiary/aromatic N) is 1. The second-order valence-electron chi connectivity index (χ2n) is 4.85. The fraction of sp³-hybridized carbons (Fsp3) is 0.500. The molecule has 2 rings (SSSR count). The fourth-order valence-corrected chi connectivity index (χ4v) is 2.32. The Labute approximate surface area is 107 Å². The maximum absolute atomic E-state index is 12.8. The van der Waals surface area contributed by atoms with Gasteiger partial charge in [0.1, 0.15) is 5.82 Å². The molecular weight excluding hydrogens is 231 g/mol. The van der Waals surface area contributed by atoms with Crippen LogP contribution in [-0.2, 0) is 11.3 Å². The van der Waals surface area contributed by atoms with Gasteiger partial charge in [-0.3, -0.25) is 4.79 Å². The van der Waals surface area contributed by atoms with Crippen LogP contribution in [0.25, 0.3) is 0 Å². The molecule has 0 unspecified atom stereocenters. The third kappa shape index (κ3) is 3.29. The molecule has 18 heavy (non-hydrogen) atoms. The molecule has 0 atom stereocenters. The van der Waals surface area contributed by atoms with Crippen LogP contribution in [0.4, 0.5) is 4.39 Å². The Balaban J connectivity index is 1.92. The molecule has 1 aliphatic rings. The summed E-state index contributed by atoms with van der Waals surface area (Å²) >= 11 is 0. The second kappa shape index (κ2) is 5.96. The lowest BCUT2D eigenvalue weighted by molar-refractivity contribution is -0.135. The number of rotatable bonds is 3. The summed E-state index contributed by atoms with van der Waals surface area (Å²) in [6, 6.07) is 6.30. The quantitative estimate of drug-likeness (QED) is 0.887. The average molecular weight is 250 g/mol. The van der Waals surface area contributed by atoms with Gasteiger partial charge >= 0.3 is 0 Å². The number of hydrogen-bond donors (Lipinski definition) is 1. The largest absolute Gasteiger partial charge is 0.341 e. The van der Waals surface area contributed by atoms with Gasteiger partial charge in [-0.2, -0.15) is 0 Å². The molecule has 0 saturated carbocycles. The third-order valence-corrected chi connectivity index (χ3v) is 3.40. The zero-order valence-corrected chi connectivity index (χ0v) is 10.7. The van der Waals surface area contributed by atoms with E-state index in [0.717, 1.165) is 31.5 Å². The van der Waals surface area contributed by atoms with E-state index in [1.54, 1.807) is 17.0 Å². The molecule has 0 bridgehead atoms. The van der Waals surface area contributed by atoms with Gasteiger partial charge in [-0.25, -0.2) is 4.39 Å². The molecule has 4 heteroatoms. The van der Waals surface area contributed by atoms with Gasteiger partial charge in [0.2, 0.25) is 5.91 Å². The van der Waals surface area contributed by atoms with Crippen molar-refractivity contribution >= 4 is 5.91 Å². The van der Waals surface area contributed by atoms with Gasteiger partial charge in [-0.15, -0.1) is 0 Å². The lowest BCUT2D eigenvalue weighted by Crippen LogP contribution is -2.38. The van der Waals surface area contributed by atoms with Gasteiger partial charge < -0.3 is 10.2 Å². The first kappa shape index (κ1) is 13.0. The first-order chi connectivity index (χ1) is 8.66. The van der Waals surface area contributed by atoms with Crippen LogP contribution in [-0.4, -0.2) is 30.9 Å². The highest BCUT2D eigenvalue weighted by atomic mass is 19.1. The zero-order valence-electron chi connectivity index (χ0n) is 10.7. The van der Waals surface area contributed by atoms with E-state index in [2.05, 4.69) is 5.32 Å². The maximum atomic E-state index is 12.8. The summed E-state index contributed by atoms with van der Waals surface area (Å²) in [7, 11) is 1.81. The van der Waals surface area contributed by atoms with E-state index >= 15 is 0 Å². The molecule has 98 valence electrons. The monoisotopic (exact) mass is 250 g/mol. The molecule has 1 aromatic rings. The van der Waals surface area contributed by atoms with Gasteiger partial charge in [0.05, 0.1) is 0 Å². The first-order valence-electron chi connectivity index (χ1n) is 6.37. The Morgan fingerprint density at radius 3 is 2.56 bits per heavy atom. The van der Waals surface area contributed by atoms with Gasteiger partial charge in [0, 0.05) is 19.5 Å². The van der Waals surface area contributed by atoms with Crippen molar-refractivity contribution in [2.24, 2.45) is 5.92 Å². The van der Waals surface area contributed by atoms with Crippen LogP contribution >= 0.6 is 0 Å². The van der Waals surface area contributed by atoms with Gasteiger partial charge in [-0.1, -0.05) is 12.1 Å². The number of amides is 1. The fourth-order valence-electron chi connectivity index (χ4n) is 2.32. The Morgan fingerprint density at radius 1 is 1.33 bits per heavy atom. The predicted octanol–water partition coefficient (Wildman–Crippen LogP) is 1.78. The molecular formula is C14H19FN2O. The molecule has 0 spiro atoms. The van der Waals surface area contributed by atoms with E-state index in [1.807, 2.05) is 7.05 Å². The number of hydrogen-bond acceptors (Lipinski definition) is 2. The van der Waals surface area contributed by atoms with E-state index in [0.29, 0.717) is 6.54 Å². The van der Waals surface area contributed by atoms with Crippen LogP contribution in [0.5, 0.6) is 0 Å². The van der Waals surface area contributed by atoms with E-state index < -0.39 is 0 Å². The number of carbonyl (C=O) groups is 1. The summed E-state index contributed by atoms with van der Waals surface area (Å²) in [5.74, 6) is 0.0867. The SMILES string of the molecule is CN(Cc1ccc(F)cc1)C(=O)C1CCNCC1. The molecule has 1 fully saturated rings. The van der Waals surface area contributed by atoms with Crippen LogP contribution in [0.15, 0.2) is 24.3 Å². The van der Waals surface area contributed by atoms with Crippen LogP contribution in [0.3, 0.4) is 0 Å². The lowest BCUT2D eigenvalue weighted by atomic mass is 9.96. The number of benzene rings is 1. The molecule has 0 aliphatic carbocycles. The summed E-state index contributed by atoms with van der Waals surface area (Å²) in [6.07, 6.45) is 1.82. The van der Waals surface area contributed by atoms with Crippen molar-refractivity contribution in [1.29, 1.82) is 0 Å². The van der Waals surface area contributed by atoms with Crippen molar-refractivity contribution in [3.8, 4) is 0 Å². The minimum absolute atomic E-state index is 0.136. The standard InChI is InChI=1S/C14H19FN2O/c1-17(10-11-2-4-13(15)5-3-11)14(18)12-6-8-16-9-7-12/h2-5,12,16H,6-10H2,1H3. The predicted molar refractivity (Wildman–Crippen MR) is 68.5 cm³/mol. The number of carbonyl (C=O) groups excluding carboxylic acids is 1. The smallest absolute Gasteiger partial charge is 0.225 e. The van der Waals surface area contributed by atoms with Crippen LogP contribution < -0.4 is 5.32 Å². The average Bonchev–Trinajstić information content (AvgIpc) is 2.41. The highest BCUT2D eigenvalue weighted by Crippen LogP contribution is 2.16. The van der Waals surface area contributed by atoms with Crippen molar-refractivity contribution < 1.29 is 9.18 Å². The first-order valence-corrected chi connectivity index (χ1v) is 6.37. The molecule has 0 radical (unpaired) electrons. The minimum atomic E-state index is -0.244. The van der Waals surface area contributed by atoms with Crippen molar-refractivity contribution in [3.05, 3.63) is 35.6 Å². The minimum Gasteiger partial charge on any atom is -0.341 e. The Hall–Kier alpha value is -1.42. The maximum Gasteiger partial charge on any atom is 0.225 e. The summed E-state index contributed by atoms with van der Waals surface area (Å²) < 4.78 is 12.8. The number of piperidine rings is 1. The Bertz CT molecular complexity index is 399. The summed E-state index contributed by atoms with van der Waals surface area (Å²) in [5, 5.41) is 3.25. The lowest BCUT2D eigenvalue weighted by Gasteiger charge is -2.27. The topological polar surface area (TPSA) is 32.3 Å². The summed E-state index contributed by atoms with van der Waals surface area (Å²) in [6.45, 7) is 2.38. The van der Waals surface area contributed by atoms with Crippen molar-refractivity contribution in [3.63, 3.8) is 0 Å². The van der Waals surface area contributed by atoms with Crippen LogP contribution in [0.1, 0.15) is 18.4 Å². The Kier molecular flexibility index (Phi) is 4.31. The summed E-state index contributed by atoms with van der Waals surface area (Å²) in [5.41, 5.74) is 0.959. The van der Waals surface area contributed by atoms with Crippen molar-refractivity contribution in [2.75, 3.05) is 20.1 Å². The molecule has 1 heterocycles. The Morgan fingerprint density at radius 2 is 1.94 bits per heavy atom. The molecule has 3 nitrogen and oxygen atoms in total. The number of nitrogens with one attached hydrogen (secondary N) is 1. The number of halogens is 1. The molecule has 0 aromatic heterocycles. The van der Waals surface area contributed by atoms with Gasteiger partial charge in [-0.05, 0) is 43.6 Å². The summed E-state index contributed by atoms with van der Waals surface area (Å²) in [4.78, 5) is 13.9. The van der Waals surface area contributed by atoms with E-state index in [1.165, 1.54) is 12.1 Å².